The zero-order valence-electron chi connectivity index (χ0n) is 12.9. The Kier molecular flexibility index (Phi) is 4.44. The molecule has 24 heavy (non-hydrogen) atoms. The van der Waals surface area contributed by atoms with Crippen LogP contribution in [0.2, 0.25) is 0 Å². The number of nitrogens with one attached hydrogen (secondary N) is 1. The second-order valence-corrected chi connectivity index (χ2v) is 6.62. The van der Waals surface area contributed by atoms with E-state index in [4.69, 9.17) is 0 Å². The molecule has 2 N–H and O–H groups in total. The molecule has 0 saturated heterocycles. The molecular weight excluding hydrogens is 427 g/mol. The fourth-order valence-electron chi connectivity index (χ4n) is 2.42. The van der Waals surface area contributed by atoms with E-state index < -0.39 is 11.6 Å². The molecule has 0 radical (unpaired) electrons. The van der Waals surface area contributed by atoms with Crippen LogP contribution in [-0.2, 0) is 7.05 Å². The summed E-state index contributed by atoms with van der Waals surface area (Å²) in [7, 11) is 1.56. The van der Waals surface area contributed by atoms with Crippen molar-refractivity contribution in [1.29, 1.82) is 0 Å². The highest BCUT2D eigenvalue weighted by atomic mass is 127. The first-order valence-electron chi connectivity index (χ1n) is 7.11. The maximum absolute atomic E-state index is 14.4. The molecule has 0 aliphatic rings. The normalized spacial score (nSPS) is 10.9. The number of hydrogen-bond donors (Lipinski definition) is 2. The lowest BCUT2D eigenvalue weighted by Gasteiger charge is -2.15. The van der Waals surface area contributed by atoms with Crippen LogP contribution in [0.3, 0.4) is 0 Å². The molecule has 1 aromatic heterocycles. The van der Waals surface area contributed by atoms with E-state index in [-0.39, 0.29) is 11.6 Å². The Bertz CT molecular complexity index is 924. The van der Waals surface area contributed by atoms with Crippen molar-refractivity contribution in [3.63, 3.8) is 0 Å². The molecule has 0 spiro atoms. The van der Waals surface area contributed by atoms with Crippen molar-refractivity contribution in [2.45, 2.75) is 6.92 Å². The third-order valence-corrected chi connectivity index (χ3v) is 4.41. The van der Waals surface area contributed by atoms with Gasteiger partial charge in [-0.2, -0.15) is 5.10 Å². The highest BCUT2D eigenvalue weighted by molar-refractivity contribution is 14.1. The van der Waals surface area contributed by atoms with Crippen LogP contribution in [-0.4, -0.2) is 14.9 Å². The predicted octanol–water partition coefficient (Wildman–Crippen LogP) is 4.73. The molecular formula is C17H14F2IN3O. The molecule has 0 unspecified atom stereocenters. The molecule has 0 aliphatic heterocycles. The van der Waals surface area contributed by atoms with Crippen molar-refractivity contribution in [3.05, 3.63) is 57.3 Å². The number of aromatic nitrogens is 2. The SMILES string of the molecule is Cc1cc(I)ccc1Nc1c(-c2cnn(C)c2O)ccc(F)c1F. The Labute approximate surface area is 151 Å². The standard InChI is InChI=1S/C17H14F2IN3O/c1-9-7-10(20)3-6-14(9)22-16-11(4-5-13(18)15(16)19)12-8-21-23(2)17(12)24/h3-8,22,24H,1-2H3. The highest BCUT2D eigenvalue weighted by Crippen LogP contribution is 2.38. The Morgan fingerprint density at radius 1 is 1.17 bits per heavy atom. The largest absolute Gasteiger partial charge is 0.493 e. The third-order valence-electron chi connectivity index (χ3n) is 3.74. The minimum atomic E-state index is -1.01. The van der Waals surface area contributed by atoms with Gasteiger partial charge < -0.3 is 10.4 Å². The number of hydrogen-bond acceptors (Lipinski definition) is 3. The van der Waals surface area contributed by atoms with Gasteiger partial charge in [-0.05, 0) is 65.4 Å². The maximum Gasteiger partial charge on any atom is 0.217 e. The maximum atomic E-state index is 14.4. The zero-order chi connectivity index (χ0) is 17.4. The number of halogens is 3. The van der Waals surface area contributed by atoms with Gasteiger partial charge in [0.1, 0.15) is 0 Å². The van der Waals surface area contributed by atoms with Gasteiger partial charge in [0.15, 0.2) is 11.6 Å². The van der Waals surface area contributed by atoms with Crippen LogP contribution in [0.5, 0.6) is 5.88 Å². The minimum Gasteiger partial charge on any atom is -0.493 e. The smallest absolute Gasteiger partial charge is 0.217 e. The summed E-state index contributed by atoms with van der Waals surface area (Å²) in [5.74, 6) is -2.09. The van der Waals surface area contributed by atoms with E-state index in [1.165, 1.54) is 16.9 Å². The van der Waals surface area contributed by atoms with Crippen LogP contribution < -0.4 is 5.32 Å². The Morgan fingerprint density at radius 2 is 1.92 bits per heavy atom. The van der Waals surface area contributed by atoms with Gasteiger partial charge in [-0.3, -0.25) is 0 Å². The first-order valence-corrected chi connectivity index (χ1v) is 8.19. The molecule has 1 heterocycles. The van der Waals surface area contributed by atoms with Gasteiger partial charge >= 0.3 is 0 Å². The van der Waals surface area contributed by atoms with Gasteiger partial charge in [-0.25, -0.2) is 13.5 Å². The van der Waals surface area contributed by atoms with Gasteiger partial charge in [0.2, 0.25) is 5.88 Å². The highest BCUT2D eigenvalue weighted by Gasteiger charge is 2.20. The number of rotatable bonds is 3. The molecule has 3 rings (SSSR count). The van der Waals surface area contributed by atoms with Crippen molar-refractivity contribution < 1.29 is 13.9 Å². The molecule has 0 fully saturated rings. The summed E-state index contributed by atoms with van der Waals surface area (Å²) in [5.41, 5.74) is 2.17. The van der Waals surface area contributed by atoms with Gasteiger partial charge in [0.25, 0.3) is 0 Å². The molecule has 7 heteroatoms. The lowest BCUT2D eigenvalue weighted by molar-refractivity contribution is 0.421. The minimum absolute atomic E-state index is 0.0393. The third kappa shape index (κ3) is 2.95. The molecule has 0 bridgehead atoms. The number of aromatic hydroxyl groups is 1. The molecule has 124 valence electrons. The van der Waals surface area contributed by atoms with Crippen LogP contribution in [0.25, 0.3) is 11.1 Å². The summed E-state index contributed by atoms with van der Waals surface area (Å²) in [6.07, 6.45) is 1.41. The zero-order valence-corrected chi connectivity index (χ0v) is 15.1. The fourth-order valence-corrected chi connectivity index (χ4v) is 3.07. The lowest BCUT2D eigenvalue weighted by atomic mass is 10.0. The summed E-state index contributed by atoms with van der Waals surface area (Å²) in [4.78, 5) is 0. The number of aryl methyl sites for hydroxylation is 2. The van der Waals surface area contributed by atoms with Crippen LogP contribution in [0.1, 0.15) is 5.56 Å². The summed E-state index contributed by atoms with van der Waals surface area (Å²) in [6, 6.07) is 8.05. The average molecular weight is 441 g/mol. The van der Waals surface area contributed by atoms with E-state index in [9.17, 15) is 13.9 Å². The number of nitrogens with zero attached hydrogens (tertiary/aromatic N) is 2. The monoisotopic (exact) mass is 441 g/mol. The number of benzene rings is 2. The molecule has 3 aromatic rings. The lowest BCUT2D eigenvalue weighted by Crippen LogP contribution is -2.01. The Morgan fingerprint density at radius 3 is 2.54 bits per heavy atom. The van der Waals surface area contributed by atoms with E-state index in [0.717, 1.165) is 15.2 Å². The molecule has 0 saturated carbocycles. The van der Waals surface area contributed by atoms with E-state index in [0.29, 0.717) is 16.8 Å². The van der Waals surface area contributed by atoms with Crippen molar-refractivity contribution in [2.75, 3.05) is 5.32 Å². The van der Waals surface area contributed by atoms with Gasteiger partial charge in [0.05, 0.1) is 17.4 Å². The number of anilines is 2. The molecule has 0 amide bonds. The first kappa shape index (κ1) is 16.7. The van der Waals surface area contributed by atoms with Gasteiger partial charge in [0, 0.05) is 21.9 Å². The Hall–Kier alpha value is -2.16. The van der Waals surface area contributed by atoms with Crippen molar-refractivity contribution in [3.8, 4) is 17.0 Å². The summed E-state index contributed by atoms with van der Waals surface area (Å²) in [6.45, 7) is 1.88. The first-order chi connectivity index (χ1) is 11.4. The van der Waals surface area contributed by atoms with Crippen LogP contribution in [0.15, 0.2) is 36.5 Å². The fraction of sp³-hybridized carbons (Fsp3) is 0.118. The predicted molar refractivity (Wildman–Crippen MR) is 97.4 cm³/mol. The molecule has 2 aromatic carbocycles. The summed E-state index contributed by atoms with van der Waals surface area (Å²) >= 11 is 2.18. The van der Waals surface area contributed by atoms with E-state index in [1.54, 1.807) is 13.1 Å². The second-order valence-electron chi connectivity index (χ2n) is 5.37. The second kappa shape index (κ2) is 6.39. The van der Waals surface area contributed by atoms with E-state index in [1.807, 2.05) is 19.1 Å². The molecule has 0 atom stereocenters. The van der Waals surface area contributed by atoms with Crippen LogP contribution >= 0.6 is 22.6 Å². The van der Waals surface area contributed by atoms with Crippen molar-refractivity contribution in [1.82, 2.24) is 9.78 Å². The molecule has 4 nitrogen and oxygen atoms in total. The summed E-state index contributed by atoms with van der Waals surface area (Å²) in [5, 5.41) is 17.0. The van der Waals surface area contributed by atoms with Crippen molar-refractivity contribution in [2.24, 2.45) is 7.05 Å². The molecule has 0 aliphatic carbocycles. The Balaban J connectivity index is 2.15. The topological polar surface area (TPSA) is 50.1 Å². The van der Waals surface area contributed by atoms with Gasteiger partial charge in [-0.1, -0.05) is 0 Å². The van der Waals surface area contributed by atoms with E-state index >= 15 is 0 Å². The summed E-state index contributed by atoms with van der Waals surface area (Å²) < 4.78 is 30.5. The average Bonchev–Trinajstić information content (AvgIpc) is 2.86. The van der Waals surface area contributed by atoms with Crippen molar-refractivity contribution >= 4 is 34.0 Å². The van der Waals surface area contributed by atoms with Gasteiger partial charge in [-0.15, -0.1) is 0 Å². The quantitative estimate of drug-likeness (QED) is 0.579. The van der Waals surface area contributed by atoms with Crippen LogP contribution in [0.4, 0.5) is 20.2 Å². The van der Waals surface area contributed by atoms with Crippen LogP contribution in [0, 0.1) is 22.1 Å². The van der Waals surface area contributed by atoms with E-state index in [2.05, 4.69) is 33.0 Å².